The summed E-state index contributed by atoms with van der Waals surface area (Å²) in [7, 11) is -3.38. The maximum Gasteiger partial charge on any atom is 0.181 e. The monoisotopic (exact) mass is 271 g/mol. The molecule has 0 amide bonds. The Morgan fingerprint density at radius 3 is 2.83 bits per heavy atom. The molecule has 1 aromatic rings. The summed E-state index contributed by atoms with van der Waals surface area (Å²) in [6.45, 7) is 4.57. The quantitative estimate of drug-likeness (QED) is 0.918. The van der Waals surface area contributed by atoms with Crippen LogP contribution >= 0.6 is 0 Å². The molecule has 0 aromatic heterocycles. The highest BCUT2D eigenvalue weighted by Gasteiger charge is 2.36. The van der Waals surface area contributed by atoms with Crippen LogP contribution in [0.4, 0.5) is 4.39 Å². The van der Waals surface area contributed by atoms with Gasteiger partial charge in [-0.15, -0.1) is 0 Å². The summed E-state index contributed by atoms with van der Waals surface area (Å²) in [5, 5.41) is 2.86. The highest BCUT2D eigenvalue weighted by molar-refractivity contribution is 7.92. The Kier molecular flexibility index (Phi) is 3.73. The minimum absolute atomic E-state index is 0.000856. The van der Waals surface area contributed by atoms with E-state index in [9.17, 15) is 12.8 Å². The van der Waals surface area contributed by atoms with Crippen LogP contribution in [0.1, 0.15) is 38.3 Å². The van der Waals surface area contributed by atoms with Crippen LogP contribution in [-0.2, 0) is 9.84 Å². The van der Waals surface area contributed by atoms with Crippen molar-refractivity contribution < 1.29 is 12.8 Å². The average molecular weight is 271 g/mol. The molecular weight excluding hydrogens is 253 g/mol. The maximum atomic E-state index is 13.3. The van der Waals surface area contributed by atoms with Crippen molar-refractivity contribution in [3.05, 3.63) is 29.6 Å². The van der Waals surface area contributed by atoms with Crippen molar-refractivity contribution in [2.75, 3.05) is 6.54 Å². The molecule has 1 heterocycles. The Morgan fingerprint density at radius 1 is 1.44 bits per heavy atom. The van der Waals surface area contributed by atoms with Crippen LogP contribution in [0.15, 0.2) is 23.1 Å². The second-order valence-electron chi connectivity index (χ2n) is 4.78. The van der Waals surface area contributed by atoms with E-state index in [0.717, 1.165) is 19.0 Å². The average Bonchev–Trinajstić information content (AvgIpc) is 2.33. The summed E-state index contributed by atoms with van der Waals surface area (Å²) in [4.78, 5) is 0.148. The van der Waals surface area contributed by atoms with Gasteiger partial charge in [0.25, 0.3) is 0 Å². The van der Waals surface area contributed by atoms with Crippen LogP contribution in [0.25, 0.3) is 0 Å². The molecule has 5 heteroatoms. The smallest absolute Gasteiger partial charge is 0.181 e. The summed E-state index contributed by atoms with van der Waals surface area (Å²) < 4.78 is 37.6. The molecule has 0 fully saturated rings. The first-order valence-electron chi connectivity index (χ1n) is 6.23. The van der Waals surface area contributed by atoms with Crippen molar-refractivity contribution in [1.82, 2.24) is 5.32 Å². The second kappa shape index (κ2) is 4.97. The molecule has 0 bridgehead atoms. The predicted octanol–water partition coefficient (Wildman–Crippen LogP) is 2.43. The van der Waals surface area contributed by atoms with Crippen molar-refractivity contribution >= 4 is 9.84 Å². The Hall–Kier alpha value is -0.940. The molecule has 1 N–H and O–H groups in total. The molecule has 3 nitrogen and oxygen atoms in total. The number of sulfone groups is 1. The summed E-state index contributed by atoms with van der Waals surface area (Å²) in [5.74, 6) is -0.499. The molecule has 2 atom stereocenters. The number of fused-ring (bicyclic) bond motifs is 1. The fraction of sp³-hybridized carbons (Fsp3) is 0.538. The Bertz CT molecular complexity index is 542. The SMILES string of the molecule is CCCNC1CC(C)S(=O)(=O)c2cc(F)ccc21. The second-order valence-corrected chi connectivity index (χ2v) is 7.11. The summed E-state index contributed by atoms with van der Waals surface area (Å²) in [6.07, 6.45) is 1.52. The van der Waals surface area contributed by atoms with Crippen molar-refractivity contribution in [3.8, 4) is 0 Å². The molecule has 0 aliphatic carbocycles. The van der Waals surface area contributed by atoms with Crippen LogP contribution in [0.5, 0.6) is 0 Å². The van der Waals surface area contributed by atoms with Crippen molar-refractivity contribution in [2.24, 2.45) is 0 Å². The van der Waals surface area contributed by atoms with Crippen molar-refractivity contribution in [2.45, 2.75) is 42.9 Å². The standard InChI is InChI=1S/C13H18FNO2S/c1-3-6-15-12-7-9(2)18(16,17)13-8-10(14)4-5-11(12)13/h4-5,8-9,12,15H,3,6-7H2,1-2H3. The molecule has 1 aliphatic heterocycles. The third kappa shape index (κ3) is 2.29. The Labute approximate surface area is 107 Å². The number of hydrogen-bond acceptors (Lipinski definition) is 3. The largest absolute Gasteiger partial charge is 0.310 e. The fourth-order valence-electron chi connectivity index (χ4n) is 2.36. The fourth-order valence-corrected chi connectivity index (χ4v) is 4.05. The van der Waals surface area contributed by atoms with Gasteiger partial charge in [-0.25, -0.2) is 12.8 Å². The van der Waals surface area contributed by atoms with Gasteiger partial charge in [-0.2, -0.15) is 0 Å². The Balaban J connectivity index is 2.48. The molecule has 0 spiro atoms. The van der Waals surface area contributed by atoms with E-state index in [0.29, 0.717) is 12.0 Å². The predicted molar refractivity (Wildman–Crippen MR) is 68.7 cm³/mol. The molecule has 2 unspecified atom stereocenters. The first kappa shape index (κ1) is 13.5. The molecule has 1 aromatic carbocycles. The summed E-state index contributed by atoms with van der Waals surface area (Å²) in [6, 6.07) is 4.05. The third-order valence-corrected chi connectivity index (χ3v) is 5.61. The van der Waals surface area contributed by atoms with Gasteiger partial charge in [0.15, 0.2) is 9.84 Å². The number of nitrogens with one attached hydrogen (secondary N) is 1. The van der Waals surface area contributed by atoms with Gasteiger partial charge in [0.05, 0.1) is 10.1 Å². The minimum atomic E-state index is -3.38. The molecule has 18 heavy (non-hydrogen) atoms. The lowest BCUT2D eigenvalue weighted by Crippen LogP contribution is -2.34. The normalized spacial score (nSPS) is 25.7. The zero-order chi connectivity index (χ0) is 13.3. The molecule has 0 saturated heterocycles. The highest BCUT2D eigenvalue weighted by atomic mass is 32.2. The van der Waals surface area contributed by atoms with Gasteiger partial charge in [-0.1, -0.05) is 13.0 Å². The van der Waals surface area contributed by atoms with E-state index in [2.05, 4.69) is 12.2 Å². The third-order valence-electron chi connectivity index (χ3n) is 3.40. The Morgan fingerprint density at radius 2 is 2.17 bits per heavy atom. The molecule has 1 aliphatic rings. The number of halogens is 1. The van der Waals surface area contributed by atoms with E-state index < -0.39 is 20.9 Å². The van der Waals surface area contributed by atoms with Gasteiger partial charge in [-0.3, -0.25) is 0 Å². The molecular formula is C13H18FNO2S. The van der Waals surface area contributed by atoms with E-state index in [-0.39, 0.29) is 10.9 Å². The molecule has 0 saturated carbocycles. The van der Waals surface area contributed by atoms with Gasteiger partial charge >= 0.3 is 0 Å². The minimum Gasteiger partial charge on any atom is -0.310 e. The van der Waals surface area contributed by atoms with Crippen LogP contribution in [0.2, 0.25) is 0 Å². The lowest BCUT2D eigenvalue weighted by atomic mass is 10.0. The van der Waals surface area contributed by atoms with Gasteiger partial charge in [-0.05, 0) is 44.0 Å². The summed E-state index contributed by atoms with van der Waals surface area (Å²) >= 11 is 0. The molecule has 2 rings (SSSR count). The topological polar surface area (TPSA) is 46.2 Å². The first-order chi connectivity index (χ1) is 8.46. The van der Waals surface area contributed by atoms with E-state index in [1.165, 1.54) is 6.07 Å². The first-order valence-corrected chi connectivity index (χ1v) is 7.78. The van der Waals surface area contributed by atoms with Crippen LogP contribution in [0.3, 0.4) is 0 Å². The van der Waals surface area contributed by atoms with Crippen molar-refractivity contribution in [1.29, 1.82) is 0 Å². The van der Waals surface area contributed by atoms with E-state index in [4.69, 9.17) is 0 Å². The molecule has 100 valence electrons. The summed E-state index contributed by atoms with van der Waals surface area (Å²) in [5.41, 5.74) is 0.697. The number of hydrogen-bond donors (Lipinski definition) is 1. The lowest BCUT2D eigenvalue weighted by Gasteiger charge is -2.30. The highest BCUT2D eigenvalue weighted by Crippen LogP contribution is 2.36. The van der Waals surface area contributed by atoms with Crippen LogP contribution in [-0.4, -0.2) is 20.2 Å². The van der Waals surface area contributed by atoms with E-state index in [1.807, 2.05) is 0 Å². The van der Waals surface area contributed by atoms with Gasteiger partial charge < -0.3 is 5.32 Å². The molecule has 0 radical (unpaired) electrons. The van der Waals surface area contributed by atoms with Gasteiger partial charge in [0, 0.05) is 6.04 Å². The maximum absolute atomic E-state index is 13.3. The van der Waals surface area contributed by atoms with Crippen LogP contribution in [0, 0.1) is 5.82 Å². The van der Waals surface area contributed by atoms with E-state index >= 15 is 0 Å². The zero-order valence-corrected chi connectivity index (χ0v) is 11.4. The van der Waals surface area contributed by atoms with Crippen molar-refractivity contribution in [3.63, 3.8) is 0 Å². The van der Waals surface area contributed by atoms with Crippen LogP contribution < -0.4 is 5.32 Å². The van der Waals surface area contributed by atoms with Gasteiger partial charge in [0.2, 0.25) is 0 Å². The van der Waals surface area contributed by atoms with Gasteiger partial charge in [0.1, 0.15) is 5.82 Å². The number of benzene rings is 1. The number of rotatable bonds is 3. The van der Waals surface area contributed by atoms with E-state index in [1.54, 1.807) is 13.0 Å². The lowest BCUT2D eigenvalue weighted by molar-refractivity contribution is 0.461. The zero-order valence-electron chi connectivity index (χ0n) is 10.6.